The summed E-state index contributed by atoms with van der Waals surface area (Å²) in [7, 11) is 0. The number of carbonyl (C=O) groups excluding carboxylic acids is 1. The monoisotopic (exact) mass is 290 g/mol. The molecule has 0 atom stereocenters. The van der Waals surface area contributed by atoms with Crippen molar-refractivity contribution in [2.45, 2.75) is 25.4 Å². The fraction of sp³-hybridized carbons (Fsp3) is 0.357. The molecule has 0 unspecified atom stereocenters. The molecule has 20 heavy (non-hydrogen) atoms. The molecule has 0 radical (unpaired) electrons. The first kappa shape index (κ1) is 14.6. The number of para-hydroxylation sites is 1. The van der Waals surface area contributed by atoms with E-state index in [-0.39, 0.29) is 5.91 Å². The zero-order chi connectivity index (χ0) is 14.4. The predicted molar refractivity (Wildman–Crippen MR) is 80.1 cm³/mol. The molecule has 0 saturated carbocycles. The van der Waals surface area contributed by atoms with E-state index in [2.05, 4.69) is 15.5 Å². The summed E-state index contributed by atoms with van der Waals surface area (Å²) in [5.74, 6) is 0.376. The summed E-state index contributed by atoms with van der Waals surface area (Å²) < 4.78 is 1.91. The van der Waals surface area contributed by atoms with Gasteiger partial charge in [0.15, 0.2) is 5.16 Å². The quantitative estimate of drug-likeness (QED) is 0.829. The van der Waals surface area contributed by atoms with Gasteiger partial charge >= 0.3 is 0 Å². The molecule has 1 aromatic heterocycles. The third-order valence-corrected chi connectivity index (χ3v) is 3.74. The summed E-state index contributed by atoms with van der Waals surface area (Å²) >= 11 is 1.39. The molecule has 0 bridgehead atoms. The first-order chi connectivity index (χ1) is 9.72. The highest BCUT2D eigenvalue weighted by Crippen LogP contribution is 2.21. The highest BCUT2D eigenvalue weighted by molar-refractivity contribution is 7.99. The van der Waals surface area contributed by atoms with Gasteiger partial charge in [-0.1, -0.05) is 36.9 Å². The number of hydrogen-bond donors (Lipinski definition) is 1. The third-order valence-electron chi connectivity index (χ3n) is 2.80. The van der Waals surface area contributed by atoms with Crippen LogP contribution in [-0.2, 0) is 4.79 Å². The minimum absolute atomic E-state index is 0.0242. The van der Waals surface area contributed by atoms with E-state index >= 15 is 0 Å². The molecule has 0 spiro atoms. The summed E-state index contributed by atoms with van der Waals surface area (Å²) in [6, 6.07) is 8.02. The lowest BCUT2D eigenvalue weighted by Crippen LogP contribution is -2.25. The Bertz CT molecular complexity index is 582. The molecule has 0 aliphatic carbocycles. The molecule has 2 aromatic rings. The Labute approximate surface area is 122 Å². The predicted octanol–water partition coefficient (Wildman–Crippen LogP) is 2.19. The molecule has 1 heterocycles. The van der Waals surface area contributed by atoms with Crippen LogP contribution >= 0.6 is 11.8 Å². The second-order valence-electron chi connectivity index (χ2n) is 4.41. The number of nitrogens with one attached hydrogen (secondary N) is 1. The van der Waals surface area contributed by atoms with Crippen molar-refractivity contribution in [2.75, 3.05) is 12.3 Å². The van der Waals surface area contributed by atoms with E-state index in [4.69, 9.17) is 0 Å². The molecule has 1 aromatic carbocycles. The number of amides is 1. The van der Waals surface area contributed by atoms with Gasteiger partial charge in [-0.3, -0.25) is 9.36 Å². The van der Waals surface area contributed by atoms with E-state index in [9.17, 15) is 4.79 Å². The standard InChI is InChI=1S/C14H18N4OS/c1-3-8-15-13(19)9-20-14-17-16-10-18(14)12-7-5-4-6-11(12)2/h4-7,10H,3,8-9H2,1-2H3,(H,15,19). The summed E-state index contributed by atoms with van der Waals surface area (Å²) in [6.07, 6.45) is 2.62. The van der Waals surface area contributed by atoms with Crippen molar-refractivity contribution in [1.29, 1.82) is 0 Å². The van der Waals surface area contributed by atoms with Crippen molar-refractivity contribution >= 4 is 17.7 Å². The van der Waals surface area contributed by atoms with Crippen molar-refractivity contribution in [3.8, 4) is 5.69 Å². The van der Waals surface area contributed by atoms with Gasteiger partial charge in [-0.2, -0.15) is 0 Å². The van der Waals surface area contributed by atoms with Crippen LogP contribution in [-0.4, -0.2) is 33.0 Å². The fourth-order valence-electron chi connectivity index (χ4n) is 1.77. The Morgan fingerprint density at radius 1 is 1.40 bits per heavy atom. The summed E-state index contributed by atoms with van der Waals surface area (Å²) in [5, 5.41) is 11.6. The van der Waals surface area contributed by atoms with Gasteiger partial charge in [0.25, 0.3) is 0 Å². The van der Waals surface area contributed by atoms with Crippen LogP contribution in [0.4, 0.5) is 0 Å². The molecule has 1 amide bonds. The molecular weight excluding hydrogens is 272 g/mol. The van der Waals surface area contributed by atoms with Crippen LogP contribution in [0.1, 0.15) is 18.9 Å². The maximum atomic E-state index is 11.6. The minimum Gasteiger partial charge on any atom is -0.355 e. The van der Waals surface area contributed by atoms with Crippen LogP contribution < -0.4 is 5.32 Å². The Morgan fingerprint density at radius 3 is 2.95 bits per heavy atom. The Balaban J connectivity index is 2.06. The van der Waals surface area contributed by atoms with E-state index in [1.807, 2.05) is 42.7 Å². The second kappa shape index (κ2) is 7.09. The first-order valence-electron chi connectivity index (χ1n) is 6.58. The normalized spacial score (nSPS) is 10.5. The number of carbonyl (C=O) groups is 1. The van der Waals surface area contributed by atoms with E-state index in [0.29, 0.717) is 12.3 Å². The first-order valence-corrected chi connectivity index (χ1v) is 7.56. The van der Waals surface area contributed by atoms with Crippen LogP contribution in [0.2, 0.25) is 0 Å². The fourth-order valence-corrected chi connectivity index (χ4v) is 2.52. The van der Waals surface area contributed by atoms with Crippen molar-refractivity contribution in [2.24, 2.45) is 0 Å². The number of nitrogens with zero attached hydrogens (tertiary/aromatic N) is 3. The number of thioether (sulfide) groups is 1. The van der Waals surface area contributed by atoms with Gasteiger partial charge in [0.1, 0.15) is 6.33 Å². The second-order valence-corrected chi connectivity index (χ2v) is 5.35. The number of aryl methyl sites for hydroxylation is 1. The molecule has 0 saturated heterocycles. The zero-order valence-electron chi connectivity index (χ0n) is 11.7. The van der Waals surface area contributed by atoms with Crippen molar-refractivity contribution < 1.29 is 4.79 Å². The van der Waals surface area contributed by atoms with E-state index < -0.39 is 0 Å². The molecule has 2 rings (SSSR count). The maximum absolute atomic E-state index is 11.6. The smallest absolute Gasteiger partial charge is 0.230 e. The van der Waals surface area contributed by atoms with E-state index in [0.717, 1.165) is 22.8 Å². The lowest BCUT2D eigenvalue weighted by Gasteiger charge is -2.09. The van der Waals surface area contributed by atoms with Gasteiger partial charge in [-0.25, -0.2) is 0 Å². The van der Waals surface area contributed by atoms with Crippen LogP contribution in [0.15, 0.2) is 35.7 Å². The van der Waals surface area contributed by atoms with E-state index in [1.54, 1.807) is 6.33 Å². The lowest BCUT2D eigenvalue weighted by molar-refractivity contribution is -0.118. The summed E-state index contributed by atoms with van der Waals surface area (Å²) in [5.41, 5.74) is 2.18. The molecule has 6 heteroatoms. The average molecular weight is 290 g/mol. The SMILES string of the molecule is CCCNC(=O)CSc1nncn1-c1ccccc1C. The van der Waals surface area contributed by atoms with Crippen LogP contribution in [0.25, 0.3) is 5.69 Å². The highest BCUT2D eigenvalue weighted by atomic mass is 32.2. The minimum atomic E-state index is 0.0242. The Morgan fingerprint density at radius 2 is 2.20 bits per heavy atom. The average Bonchev–Trinajstić information content (AvgIpc) is 2.91. The lowest BCUT2D eigenvalue weighted by atomic mass is 10.2. The van der Waals surface area contributed by atoms with Crippen molar-refractivity contribution in [3.05, 3.63) is 36.2 Å². The molecule has 0 aliphatic rings. The van der Waals surface area contributed by atoms with Crippen molar-refractivity contribution in [1.82, 2.24) is 20.1 Å². The Hall–Kier alpha value is -1.82. The van der Waals surface area contributed by atoms with Crippen LogP contribution in [0.3, 0.4) is 0 Å². The number of hydrogen-bond acceptors (Lipinski definition) is 4. The van der Waals surface area contributed by atoms with Gasteiger partial charge in [-0.05, 0) is 25.0 Å². The number of aromatic nitrogens is 3. The number of benzene rings is 1. The van der Waals surface area contributed by atoms with Crippen molar-refractivity contribution in [3.63, 3.8) is 0 Å². The highest BCUT2D eigenvalue weighted by Gasteiger charge is 2.10. The van der Waals surface area contributed by atoms with Gasteiger partial charge in [-0.15, -0.1) is 10.2 Å². The van der Waals surface area contributed by atoms with Gasteiger partial charge in [0.2, 0.25) is 5.91 Å². The topological polar surface area (TPSA) is 59.8 Å². The Kier molecular flexibility index (Phi) is 5.17. The summed E-state index contributed by atoms with van der Waals surface area (Å²) in [6.45, 7) is 4.78. The maximum Gasteiger partial charge on any atom is 0.230 e. The summed E-state index contributed by atoms with van der Waals surface area (Å²) in [4.78, 5) is 11.6. The largest absolute Gasteiger partial charge is 0.355 e. The van der Waals surface area contributed by atoms with Crippen LogP contribution in [0.5, 0.6) is 0 Å². The van der Waals surface area contributed by atoms with E-state index in [1.165, 1.54) is 11.8 Å². The number of rotatable bonds is 6. The third kappa shape index (κ3) is 3.60. The van der Waals surface area contributed by atoms with Gasteiger partial charge in [0.05, 0.1) is 11.4 Å². The molecule has 0 aliphatic heterocycles. The van der Waals surface area contributed by atoms with Crippen LogP contribution in [0, 0.1) is 6.92 Å². The van der Waals surface area contributed by atoms with Gasteiger partial charge in [0, 0.05) is 6.54 Å². The molecule has 0 fully saturated rings. The molecule has 5 nitrogen and oxygen atoms in total. The zero-order valence-corrected chi connectivity index (χ0v) is 12.5. The molecular formula is C14H18N4OS. The molecule has 1 N–H and O–H groups in total. The van der Waals surface area contributed by atoms with Gasteiger partial charge < -0.3 is 5.32 Å². The molecule has 106 valence electrons.